The van der Waals surface area contributed by atoms with Crippen molar-refractivity contribution in [2.45, 2.75) is 6.92 Å². The van der Waals surface area contributed by atoms with E-state index in [2.05, 4.69) is 5.32 Å². The molecule has 1 heterocycles. The smallest absolute Gasteiger partial charge is 0.267 e. The molecular weight excluding hydrogens is 348 g/mol. The first-order valence-corrected chi connectivity index (χ1v) is 8.22. The van der Waals surface area contributed by atoms with Gasteiger partial charge in [-0.3, -0.25) is 14.4 Å². The molecule has 0 aliphatic carbocycles. The van der Waals surface area contributed by atoms with E-state index in [4.69, 9.17) is 0 Å². The van der Waals surface area contributed by atoms with Crippen LogP contribution < -0.4 is 10.9 Å². The number of amides is 1. The minimum atomic E-state index is -0.812. The van der Waals surface area contributed by atoms with Gasteiger partial charge in [-0.25, -0.2) is 0 Å². The molecule has 0 unspecified atom stereocenters. The van der Waals surface area contributed by atoms with Crippen molar-refractivity contribution in [2.24, 2.45) is 7.05 Å². The van der Waals surface area contributed by atoms with Crippen molar-refractivity contribution in [1.82, 2.24) is 9.88 Å². The molecule has 3 N–H and O–H groups in total. The Balaban J connectivity index is 2.20. The molecule has 0 bridgehead atoms. The molecule has 7 heteroatoms. The maximum absolute atomic E-state index is 12.5. The van der Waals surface area contributed by atoms with Gasteiger partial charge in [0.1, 0.15) is 22.8 Å². The van der Waals surface area contributed by atoms with Crippen LogP contribution in [0.4, 0.5) is 0 Å². The minimum absolute atomic E-state index is 0.0987. The maximum Gasteiger partial charge on any atom is 0.267 e. The summed E-state index contributed by atoms with van der Waals surface area (Å²) in [7, 11) is 1.50. The zero-order valence-corrected chi connectivity index (χ0v) is 14.8. The van der Waals surface area contributed by atoms with Gasteiger partial charge >= 0.3 is 0 Å². The number of aryl methyl sites for hydroxylation is 1. The van der Waals surface area contributed by atoms with Gasteiger partial charge in [-0.05, 0) is 42.3 Å². The van der Waals surface area contributed by atoms with Crippen molar-refractivity contribution < 1.29 is 19.8 Å². The number of hydrogen-bond acceptors (Lipinski definition) is 5. The van der Waals surface area contributed by atoms with Gasteiger partial charge in [0.05, 0.1) is 12.1 Å². The number of phenols is 1. The fourth-order valence-corrected chi connectivity index (χ4v) is 2.89. The Morgan fingerprint density at radius 1 is 1.07 bits per heavy atom. The number of ketones is 1. The molecule has 0 saturated carbocycles. The van der Waals surface area contributed by atoms with E-state index in [0.29, 0.717) is 22.0 Å². The number of aromatic hydroxyl groups is 2. The SMILES string of the molecule is CC(=O)CNC(=O)c1c(O)c2cc(-c3cccc(O)c3)ccc2n(C)c1=O. The van der Waals surface area contributed by atoms with Gasteiger partial charge in [0.2, 0.25) is 0 Å². The number of fused-ring (bicyclic) bond motifs is 1. The van der Waals surface area contributed by atoms with Crippen LogP contribution >= 0.6 is 0 Å². The van der Waals surface area contributed by atoms with E-state index >= 15 is 0 Å². The predicted molar refractivity (Wildman–Crippen MR) is 101 cm³/mol. The number of hydrogen-bond donors (Lipinski definition) is 3. The molecule has 1 amide bonds. The van der Waals surface area contributed by atoms with Crippen molar-refractivity contribution in [3.05, 3.63) is 58.4 Å². The second-order valence-corrected chi connectivity index (χ2v) is 6.25. The minimum Gasteiger partial charge on any atom is -0.508 e. The fourth-order valence-electron chi connectivity index (χ4n) is 2.89. The van der Waals surface area contributed by atoms with Crippen LogP contribution in [0.25, 0.3) is 22.0 Å². The number of Topliss-reactive ketones (excluding diaryl/α,β-unsaturated/α-hetero) is 1. The number of benzene rings is 2. The van der Waals surface area contributed by atoms with Gasteiger partial charge in [0.25, 0.3) is 11.5 Å². The second-order valence-electron chi connectivity index (χ2n) is 6.25. The van der Waals surface area contributed by atoms with Gasteiger partial charge < -0.3 is 20.1 Å². The van der Waals surface area contributed by atoms with Gasteiger partial charge in [-0.15, -0.1) is 0 Å². The van der Waals surface area contributed by atoms with Crippen molar-refractivity contribution >= 4 is 22.6 Å². The van der Waals surface area contributed by atoms with Crippen LogP contribution in [-0.4, -0.2) is 33.0 Å². The van der Waals surface area contributed by atoms with Crippen LogP contribution in [0.2, 0.25) is 0 Å². The molecular formula is C20H18N2O5. The molecule has 3 aromatic rings. The third-order valence-electron chi connectivity index (χ3n) is 4.27. The Bertz CT molecular complexity index is 1130. The largest absolute Gasteiger partial charge is 0.508 e. The Hall–Kier alpha value is -3.61. The molecule has 0 atom stereocenters. The summed E-state index contributed by atoms with van der Waals surface area (Å²) >= 11 is 0. The molecule has 27 heavy (non-hydrogen) atoms. The lowest BCUT2D eigenvalue weighted by molar-refractivity contribution is -0.116. The zero-order chi connectivity index (χ0) is 19.7. The predicted octanol–water partition coefficient (Wildman–Crippen LogP) is 1.94. The lowest BCUT2D eigenvalue weighted by atomic mass is 10.0. The lowest BCUT2D eigenvalue weighted by Gasteiger charge is -2.13. The molecule has 3 rings (SSSR count). The highest BCUT2D eigenvalue weighted by molar-refractivity contribution is 6.04. The number of carbonyl (C=O) groups is 2. The van der Waals surface area contributed by atoms with Crippen LogP contribution in [0.3, 0.4) is 0 Å². The van der Waals surface area contributed by atoms with E-state index in [-0.39, 0.29) is 18.1 Å². The summed E-state index contributed by atoms with van der Waals surface area (Å²) in [4.78, 5) is 35.9. The normalized spacial score (nSPS) is 10.7. The summed E-state index contributed by atoms with van der Waals surface area (Å²) in [5.41, 5.74) is 0.783. The molecule has 0 saturated heterocycles. The van der Waals surface area contributed by atoms with Crippen LogP contribution in [0.15, 0.2) is 47.3 Å². The first-order valence-electron chi connectivity index (χ1n) is 8.22. The molecule has 1 aromatic heterocycles. The number of aromatic nitrogens is 1. The van der Waals surface area contributed by atoms with Crippen LogP contribution in [-0.2, 0) is 11.8 Å². The van der Waals surface area contributed by atoms with E-state index in [0.717, 1.165) is 0 Å². The molecule has 138 valence electrons. The number of phenolic OH excluding ortho intramolecular Hbond substituents is 1. The number of nitrogens with one attached hydrogen (secondary N) is 1. The Morgan fingerprint density at radius 2 is 1.78 bits per heavy atom. The highest BCUT2D eigenvalue weighted by atomic mass is 16.3. The lowest BCUT2D eigenvalue weighted by Crippen LogP contribution is -2.34. The topological polar surface area (TPSA) is 109 Å². The van der Waals surface area contributed by atoms with Crippen molar-refractivity contribution in [3.8, 4) is 22.6 Å². The Kier molecular flexibility index (Phi) is 4.68. The van der Waals surface area contributed by atoms with Crippen molar-refractivity contribution in [3.63, 3.8) is 0 Å². The number of pyridine rings is 1. The summed E-state index contributed by atoms with van der Waals surface area (Å²) in [6, 6.07) is 11.7. The summed E-state index contributed by atoms with van der Waals surface area (Å²) in [5.74, 6) is -1.43. The van der Waals surface area contributed by atoms with Gasteiger partial charge in [-0.2, -0.15) is 0 Å². The van der Waals surface area contributed by atoms with Crippen LogP contribution in [0, 0.1) is 0 Å². The second kappa shape index (κ2) is 6.95. The summed E-state index contributed by atoms with van der Waals surface area (Å²) in [6.07, 6.45) is 0. The Morgan fingerprint density at radius 3 is 2.44 bits per heavy atom. The quantitative estimate of drug-likeness (QED) is 0.654. The number of carbonyl (C=O) groups excluding carboxylic acids is 2. The van der Waals surface area contributed by atoms with E-state index in [1.807, 2.05) is 0 Å². The maximum atomic E-state index is 12.5. The molecule has 0 fully saturated rings. The molecule has 0 spiro atoms. The number of nitrogens with zero attached hydrogens (tertiary/aromatic N) is 1. The third-order valence-corrected chi connectivity index (χ3v) is 4.27. The van der Waals surface area contributed by atoms with Gasteiger partial charge in [0, 0.05) is 12.4 Å². The van der Waals surface area contributed by atoms with E-state index in [1.165, 1.54) is 18.5 Å². The highest BCUT2D eigenvalue weighted by Gasteiger charge is 2.21. The van der Waals surface area contributed by atoms with Crippen LogP contribution in [0.5, 0.6) is 11.5 Å². The standard InChI is InChI=1S/C20H18N2O5/c1-11(23)10-21-19(26)17-18(25)15-9-13(12-4-3-5-14(24)8-12)6-7-16(15)22(2)20(17)27/h3-9,24-25H,10H2,1-2H3,(H,21,26). The molecule has 2 aromatic carbocycles. The average Bonchev–Trinajstić information content (AvgIpc) is 2.64. The van der Waals surface area contributed by atoms with Crippen molar-refractivity contribution in [2.75, 3.05) is 6.54 Å². The van der Waals surface area contributed by atoms with E-state index in [9.17, 15) is 24.6 Å². The molecule has 0 aliphatic rings. The van der Waals surface area contributed by atoms with Crippen LogP contribution in [0.1, 0.15) is 17.3 Å². The van der Waals surface area contributed by atoms with Crippen molar-refractivity contribution in [1.29, 1.82) is 0 Å². The highest BCUT2D eigenvalue weighted by Crippen LogP contribution is 2.31. The molecule has 0 radical (unpaired) electrons. The fraction of sp³-hybridized carbons (Fsp3) is 0.150. The summed E-state index contributed by atoms with van der Waals surface area (Å²) in [5, 5.41) is 22.9. The first kappa shape index (κ1) is 18.2. The number of rotatable bonds is 4. The first-order chi connectivity index (χ1) is 12.8. The van der Waals surface area contributed by atoms with E-state index < -0.39 is 22.8 Å². The van der Waals surface area contributed by atoms with E-state index in [1.54, 1.807) is 42.5 Å². The Labute approximate surface area is 154 Å². The monoisotopic (exact) mass is 366 g/mol. The summed E-state index contributed by atoms with van der Waals surface area (Å²) in [6.45, 7) is 1.07. The van der Waals surface area contributed by atoms with Gasteiger partial charge in [0.15, 0.2) is 0 Å². The summed E-state index contributed by atoms with van der Waals surface area (Å²) < 4.78 is 1.27. The molecule has 0 aliphatic heterocycles. The third kappa shape index (κ3) is 3.39. The average molecular weight is 366 g/mol. The van der Waals surface area contributed by atoms with Gasteiger partial charge in [-0.1, -0.05) is 18.2 Å². The zero-order valence-electron chi connectivity index (χ0n) is 14.8. The molecule has 7 nitrogen and oxygen atoms in total.